The van der Waals surface area contributed by atoms with Gasteiger partial charge in [-0.1, -0.05) is 25.5 Å². The van der Waals surface area contributed by atoms with E-state index in [1.165, 1.54) is 0 Å². The number of aliphatic hydroxyl groups is 1. The maximum Gasteiger partial charge on any atom is 0.231 e. The summed E-state index contributed by atoms with van der Waals surface area (Å²) >= 11 is 0. The van der Waals surface area contributed by atoms with Crippen molar-refractivity contribution in [2.24, 2.45) is 5.73 Å². The van der Waals surface area contributed by atoms with E-state index in [4.69, 9.17) is 16.2 Å². The van der Waals surface area contributed by atoms with Crippen molar-refractivity contribution in [2.75, 3.05) is 31.3 Å². The number of amides is 1. The van der Waals surface area contributed by atoms with E-state index in [1.54, 1.807) is 7.11 Å². The molecule has 170 valence electrons. The fraction of sp³-hybridized carbons (Fsp3) is 0.500. The van der Waals surface area contributed by atoms with E-state index in [0.29, 0.717) is 25.2 Å². The molecule has 0 radical (unpaired) electrons. The van der Waals surface area contributed by atoms with Gasteiger partial charge >= 0.3 is 0 Å². The van der Waals surface area contributed by atoms with Gasteiger partial charge in [0, 0.05) is 36.9 Å². The molecule has 2 aromatic rings. The summed E-state index contributed by atoms with van der Waals surface area (Å²) in [5.41, 5.74) is 14.8. The zero-order valence-corrected chi connectivity index (χ0v) is 18.6. The first-order valence-corrected chi connectivity index (χ1v) is 10.5. The Morgan fingerprint density at radius 1 is 1.29 bits per heavy atom. The molecule has 0 spiro atoms. The van der Waals surface area contributed by atoms with Gasteiger partial charge in [0.05, 0.1) is 13.7 Å². The summed E-state index contributed by atoms with van der Waals surface area (Å²) in [6.45, 7) is 4.75. The number of ether oxygens (including phenoxy) is 1. The quantitative estimate of drug-likeness (QED) is 0.321. The Labute approximate surface area is 183 Å². The first-order valence-electron chi connectivity index (χ1n) is 10.5. The number of hydrogen-bond donors (Lipinski definition) is 5. The van der Waals surface area contributed by atoms with Crippen LogP contribution >= 0.6 is 0 Å². The van der Waals surface area contributed by atoms with Crippen molar-refractivity contribution >= 4 is 17.7 Å². The number of hydrogen-bond acceptors (Lipinski definition) is 8. The highest BCUT2D eigenvalue weighted by Gasteiger charge is 2.17. The van der Waals surface area contributed by atoms with Crippen LogP contribution in [0, 0.1) is 6.92 Å². The lowest BCUT2D eigenvalue weighted by Crippen LogP contribution is -2.28. The smallest absolute Gasteiger partial charge is 0.231 e. The molecule has 9 nitrogen and oxygen atoms in total. The number of carbonyl (C=O) groups excluding carboxylic acids is 1. The van der Waals surface area contributed by atoms with Crippen molar-refractivity contribution in [3.63, 3.8) is 0 Å². The van der Waals surface area contributed by atoms with Crippen LogP contribution in [0.3, 0.4) is 0 Å². The number of benzene rings is 1. The van der Waals surface area contributed by atoms with Crippen LogP contribution in [0.1, 0.15) is 48.6 Å². The molecule has 0 aliphatic heterocycles. The Balaban J connectivity index is 2.29. The van der Waals surface area contributed by atoms with E-state index in [1.807, 2.05) is 25.1 Å². The zero-order chi connectivity index (χ0) is 22.8. The number of aliphatic hydroxyl groups excluding tert-OH is 1. The second-order valence-corrected chi connectivity index (χ2v) is 7.53. The van der Waals surface area contributed by atoms with Gasteiger partial charge in [-0.2, -0.15) is 4.98 Å². The number of nitrogen functional groups attached to an aromatic ring is 1. The highest BCUT2D eigenvalue weighted by molar-refractivity contribution is 5.75. The number of methoxy groups -OCH3 is 1. The van der Waals surface area contributed by atoms with Gasteiger partial charge in [-0.3, -0.25) is 4.79 Å². The van der Waals surface area contributed by atoms with Gasteiger partial charge in [-0.25, -0.2) is 4.98 Å². The molecular formula is C22H34N6O3. The molecule has 0 fully saturated rings. The maximum atomic E-state index is 10.9. The largest absolute Gasteiger partial charge is 0.496 e. The molecule has 1 aromatic carbocycles. The number of primary amides is 1. The Kier molecular flexibility index (Phi) is 9.48. The second kappa shape index (κ2) is 12.1. The Bertz CT molecular complexity index is 869. The predicted octanol–water partition coefficient (Wildman–Crippen LogP) is 1.50. The van der Waals surface area contributed by atoms with Crippen LogP contribution in [0.5, 0.6) is 5.75 Å². The zero-order valence-electron chi connectivity index (χ0n) is 18.6. The van der Waals surface area contributed by atoms with Crippen LogP contribution < -0.4 is 26.8 Å². The number of anilines is 2. The fourth-order valence-corrected chi connectivity index (χ4v) is 3.50. The van der Waals surface area contributed by atoms with Crippen molar-refractivity contribution in [3.05, 3.63) is 40.6 Å². The number of aryl methyl sites for hydroxylation is 1. The average molecular weight is 431 g/mol. The Hall–Kier alpha value is -2.91. The molecule has 0 unspecified atom stereocenters. The minimum atomic E-state index is -0.398. The monoisotopic (exact) mass is 430 g/mol. The number of carbonyl (C=O) groups is 1. The third kappa shape index (κ3) is 7.37. The average Bonchev–Trinajstić information content (AvgIpc) is 2.71. The highest BCUT2D eigenvalue weighted by Crippen LogP contribution is 2.28. The summed E-state index contributed by atoms with van der Waals surface area (Å²) in [6, 6.07) is 6.02. The number of aromatic nitrogens is 2. The summed E-state index contributed by atoms with van der Waals surface area (Å²) in [5.74, 6) is 1.24. The molecule has 0 aliphatic rings. The summed E-state index contributed by atoms with van der Waals surface area (Å²) in [4.78, 5) is 19.7. The number of nitrogens with two attached hydrogens (primary N) is 2. The van der Waals surface area contributed by atoms with E-state index in [0.717, 1.165) is 41.0 Å². The van der Waals surface area contributed by atoms with Crippen LogP contribution in [0.4, 0.5) is 11.8 Å². The lowest BCUT2D eigenvalue weighted by atomic mass is 10.0. The molecule has 1 amide bonds. The molecule has 1 aromatic heterocycles. The SMILES string of the molecule is CCC[C@@H](CCO)Nc1nc(N)nc(C)c1Cc1ccc(CNCC(N)=O)cc1OC. The van der Waals surface area contributed by atoms with Crippen LogP contribution in [-0.2, 0) is 17.8 Å². The van der Waals surface area contributed by atoms with Crippen molar-refractivity contribution in [1.29, 1.82) is 0 Å². The lowest BCUT2D eigenvalue weighted by Gasteiger charge is -2.21. The molecule has 1 heterocycles. The first-order chi connectivity index (χ1) is 14.9. The Morgan fingerprint density at radius 2 is 2.06 bits per heavy atom. The van der Waals surface area contributed by atoms with Gasteiger partial charge in [0.1, 0.15) is 11.6 Å². The maximum absolute atomic E-state index is 10.9. The molecule has 0 bridgehead atoms. The minimum absolute atomic E-state index is 0.100. The van der Waals surface area contributed by atoms with E-state index >= 15 is 0 Å². The topological polar surface area (TPSA) is 148 Å². The van der Waals surface area contributed by atoms with E-state index in [2.05, 4.69) is 27.5 Å². The van der Waals surface area contributed by atoms with Crippen LogP contribution in [0.25, 0.3) is 0 Å². The summed E-state index contributed by atoms with van der Waals surface area (Å²) in [7, 11) is 1.63. The third-order valence-corrected chi connectivity index (χ3v) is 5.03. The summed E-state index contributed by atoms with van der Waals surface area (Å²) < 4.78 is 5.61. The van der Waals surface area contributed by atoms with Crippen molar-refractivity contribution in [1.82, 2.24) is 15.3 Å². The van der Waals surface area contributed by atoms with Crippen LogP contribution in [0.2, 0.25) is 0 Å². The second-order valence-electron chi connectivity index (χ2n) is 7.53. The predicted molar refractivity (Wildman–Crippen MR) is 122 cm³/mol. The molecule has 0 saturated carbocycles. The number of nitrogens with one attached hydrogen (secondary N) is 2. The van der Waals surface area contributed by atoms with Gasteiger partial charge < -0.3 is 31.9 Å². The van der Waals surface area contributed by atoms with Gasteiger partial charge in [0.25, 0.3) is 0 Å². The number of nitrogens with zero attached hydrogens (tertiary/aromatic N) is 2. The molecular weight excluding hydrogens is 396 g/mol. The van der Waals surface area contributed by atoms with Crippen molar-refractivity contribution < 1.29 is 14.6 Å². The molecule has 0 saturated heterocycles. The van der Waals surface area contributed by atoms with Gasteiger partial charge in [-0.15, -0.1) is 0 Å². The van der Waals surface area contributed by atoms with Crippen LogP contribution in [-0.4, -0.2) is 47.3 Å². The van der Waals surface area contributed by atoms with Crippen LogP contribution in [0.15, 0.2) is 18.2 Å². The molecule has 9 heteroatoms. The van der Waals surface area contributed by atoms with E-state index in [-0.39, 0.29) is 25.1 Å². The lowest BCUT2D eigenvalue weighted by molar-refractivity contribution is -0.117. The van der Waals surface area contributed by atoms with Crippen molar-refractivity contribution in [2.45, 2.75) is 52.1 Å². The van der Waals surface area contributed by atoms with E-state index < -0.39 is 5.91 Å². The summed E-state index contributed by atoms with van der Waals surface area (Å²) in [5, 5.41) is 15.8. The fourth-order valence-electron chi connectivity index (χ4n) is 3.50. The summed E-state index contributed by atoms with van der Waals surface area (Å²) in [6.07, 6.45) is 3.10. The molecule has 1 atom stereocenters. The number of rotatable bonds is 13. The molecule has 7 N–H and O–H groups in total. The minimum Gasteiger partial charge on any atom is -0.496 e. The first kappa shape index (κ1) is 24.4. The third-order valence-electron chi connectivity index (χ3n) is 5.03. The molecule has 31 heavy (non-hydrogen) atoms. The molecule has 2 rings (SSSR count). The normalized spacial score (nSPS) is 11.9. The van der Waals surface area contributed by atoms with Gasteiger partial charge in [0.15, 0.2) is 0 Å². The van der Waals surface area contributed by atoms with E-state index in [9.17, 15) is 9.90 Å². The van der Waals surface area contributed by atoms with Crippen molar-refractivity contribution in [3.8, 4) is 5.75 Å². The standard InChI is InChI=1S/C22H34N6O3/c1-4-5-17(8-9-29)27-21-18(14(2)26-22(24)28-21)11-16-7-6-15(10-19(16)31-3)12-25-13-20(23)30/h6-7,10,17,25,29H,4-5,8-9,11-13H2,1-3H3,(H2,23,30)(H3,24,26,27,28)/t17-/m0/s1. The van der Waals surface area contributed by atoms with Gasteiger partial charge in [-0.05, 0) is 37.0 Å². The van der Waals surface area contributed by atoms with Gasteiger partial charge in [0.2, 0.25) is 11.9 Å². The molecule has 0 aliphatic carbocycles. The highest BCUT2D eigenvalue weighted by atomic mass is 16.5. The Morgan fingerprint density at radius 3 is 2.71 bits per heavy atom.